The first kappa shape index (κ1) is 25.0. The predicted octanol–water partition coefficient (Wildman–Crippen LogP) is 7.13. The van der Waals surface area contributed by atoms with Gasteiger partial charge >= 0.3 is 0 Å². The summed E-state index contributed by atoms with van der Waals surface area (Å²) >= 11 is 0. The van der Waals surface area contributed by atoms with E-state index in [4.69, 9.17) is 9.47 Å². The summed E-state index contributed by atoms with van der Waals surface area (Å²) in [5, 5.41) is 0. The number of aryl methyl sites for hydroxylation is 4. The summed E-state index contributed by atoms with van der Waals surface area (Å²) in [6.07, 6.45) is 1.04. The van der Waals surface area contributed by atoms with Gasteiger partial charge in [-0.1, -0.05) is 0 Å². The fourth-order valence-corrected chi connectivity index (χ4v) is 3.80. The molecule has 0 saturated heterocycles. The molecule has 0 fully saturated rings. The zero-order valence-corrected chi connectivity index (χ0v) is 19.5. The van der Waals surface area contributed by atoms with Gasteiger partial charge in [0.2, 0.25) is 5.82 Å². The summed E-state index contributed by atoms with van der Waals surface area (Å²) in [4.78, 5) is 5.23. The molecule has 3 aromatic carbocycles. The fraction of sp³-hybridized carbons (Fsp3) is 0.240. The number of aliphatic imine (C=N–C) groups is 1. The van der Waals surface area contributed by atoms with Gasteiger partial charge in [-0.25, -0.2) is 26.9 Å². The molecular formula is C25H23F5N2O2. The van der Waals surface area contributed by atoms with E-state index in [1.54, 1.807) is 52.0 Å². The summed E-state index contributed by atoms with van der Waals surface area (Å²) in [6, 6.07) is 6.59. The molecule has 0 aliphatic carbocycles. The van der Waals surface area contributed by atoms with Gasteiger partial charge in [0.1, 0.15) is 23.5 Å². The summed E-state index contributed by atoms with van der Waals surface area (Å²) < 4.78 is 82.1. The third-order valence-corrected chi connectivity index (χ3v) is 5.37. The van der Waals surface area contributed by atoms with Crippen LogP contribution < -0.4 is 14.4 Å². The highest BCUT2D eigenvalue weighted by molar-refractivity contribution is 5.93. The first-order chi connectivity index (χ1) is 16.0. The molecule has 180 valence electrons. The van der Waals surface area contributed by atoms with E-state index in [1.807, 2.05) is 0 Å². The van der Waals surface area contributed by atoms with E-state index in [1.165, 1.54) is 14.2 Å². The van der Waals surface area contributed by atoms with Crippen LogP contribution >= 0.6 is 0 Å². The summed E-state index contributed by atoms with van der Waals surface area (Å²) in [5.74, 6) is -9.22. The standard InChI is InChI=1S/C25H23F5N2O2/c1-12-7-16(33-5)8-13(2)23(12)31-11-32(24-14(3)9-17(34-6)10-15(24)4)25-21(29)19(27)18(26)20(28)22(25)30/h7-11H,1-6H3. The molecule has 3 aromatic rings. The van der Waals surface area contributed by atoms with E-state index in [0.717, 1.165) is 11.2 Å². The van der Waals surface area contributed by atoms with Crippen molar-refractivity contribution < 1.29 is 31.4 Å². The van der Waals surface area contributed by atoms with Crippen molar-refractivity contribution >= 4 is 23.4 Å². The second-order valence-corrected chi connectivity index (χ2v) is 7.75. The zero-order valence-electron chi connectivity index (χ0n) is 19.5. The molecule has 0 atom stereocenters. The minimum Gasteiger partial charge on any atom is -0.497 e. The van der Waals surface area contributed by atoms with Gasteiger partial charge in [0.15, 0.2) is 23.3 Å². The van der Waals surface area contributed by atoms with Crippen LogP contribution in [0.15, 0.2) is 29.3 Å². The number of benzene rings is 3. The smallest absolute Gasteiger partial charge is 0.200 e. The van der Waals surface area contributed by atoms with Crippen LogP contribution in [0.4, 0.5) is 39.0 Å². The van der Waals surface area contributed by atoms with E-state index >= 15 is 0 Å². The monoisotopic (exact) mass is 478 g/mol. The summed E-state index contributed by atoms with van der Waals surface area (Å²) in [7, 11) is 2.96. The first-order valence-electron chi connectivity index (χ1n) is 10.2. The molecule has 0 aliphatic rings. The second kappa shape index (κ2) is 9.70. The molecule has 4 nitrogen and oxygen atoms in total. The summed E-state index contributed by atoms with van der Waals surface area (Å²) in [5.41, 5.74) is 1.82. The molecule has 0 bridgehead atoms. The van der Waals surface area contributed by atoms with Gasteiger partial charge in [-0.3, -0.25) is 4.90 Å². The number of halogens is 5. The van der Waals surface area contributed by atoms with Gasteiger partial charge in [-0.05, 0) is 74.2 Å². The quantitative estimate of drug-likeness (QED) is 0.124. The Morgan fingerprint density at radius 1 is 0.618 bits per heavy atom. The zero-order chi connectivity index (χ0) is 25.3. The van der Waals surface area contributed by atoms with E-state index in [2.05, 4.69) is 4.99 Å². The molecule has 0 N–H and O–H groups in total. The van der Waals surface area contributed by atoms with Crippen molar-refractivity contribution in [1.82, 2.24) is 0 Å². The van der Waals surface area contributed by atoms with Crippen molar-refractivity contribution in [2.24, 2.45) is 4.99 Å². The Bertz CT molecular complexity index is 1220. The fourth-order valence-electron chi connectivity index (χ4n) is 3.80. The molecule has 0 unspecified atom stereocenters. The molecule has 0 saturated carbocycles. The molecular weight excluding hydrogens is 455 g/mol. The minimum absolute atomic E-state index is 0.191. The van der Waals surface area contributed by atoms with Gasteiger partial charge in [0.25, 0.3) is 0 Å². The van der Waals surface area contributed by atoms with Gasteiger partial charge in [0, 0.05) is 0 Å². The van der Waals surface area contributed by atoms with Crippen LogP contribution in [0.25, 0.3) is 0 Å². The maximum atomic E-state index is 14.9. The van der Waals surface area contributed by atoms with E-state index in [0.29, 0.717) is 39.4 Å². The number of methoxy groups -OCH3 is 2. The van der Waals surface area contributed by atoms with Crippen molar-refractivity contribution in [3.8, 4) is 11.5 Å². The Morgan fingerprint density at radius 3 is 1.41 bits per heavy atom. The molecule has 0 aromatic heterocycles. The molecule has 0 amide bonds. The molecule has 34 heavy (non-hydrogen) atoms. The average Bonchev–Trinajstić information content (AvgIpc) is 2.79. The Hall–Kier alpha value is -3.62. The number of nitrogens with zero attached hydrogens (tertiary/aromatic N) is 2. The highest BCUT2D eigenvalue weighted by atomic mass is 19.2. The normalized spacial score (nSPS) is 11.3. The lowest BCUT2D eigenvalue weighted by atomic mass is 10.1. The number of anilines is 2. The van der Waals surface area contributed by atoms with Crippen LogP contribution in [0.5, 0.6) is 11.5 Å². The Kier molecular flexibility index (Phi) is 7.14. The van der Waals surface area contributed by atoms with Crippen molar-refractivity contribution in [2.75, 3.05) is 19.1 Å². The third kappa shape index (κ3) is 4.42. The SMILES string of the molecule is COc1cc(C)c(N=CN(c2c(C)cc(OC)cc2C)c2c(F)c(F)c(F)c(F)c2F)c(C)c1. The second-order valence-electron chi connectivity index (χ2n) is 7.75. The number of hydrogen-bond donors (Lipinski definition) is 0. The van der Waals surface area contributed by atoms with Crippen LogP contribution in [0.3, 0.4) is 0 Å². The lowest BCUT2D eigenvalue weighted by Gasteiger charge is -2.26. The van der Waals surface area contributed by atoms with Gasteiger partial charge in [0.05, 0.1) is 25.6 Å². The van der Waals surface area contributed by atoms with Crippen molar-refractivity contribution in [2.45, 2.75) is 27.7 Å². The van der Waals surface area contributed by atoms with Crippen molar-refractivity contribution in [3.05, 3.63) is 75.6 Å². The Balaban J connectivity index is 2.32. The van der Waals surface area contributed by atoms with E-state index < -0.39 is 34.8 Å². The number of rotatable bonds is 6. The van der Waals surface area contributed by atoms with Crippen LogP contribution in [-0.2, 0) is 0 Å². The molecule has 0 aliphatic heterocycles. The van der Waals surface area contributed by atoms with Crippen LogP contribution in [0.1, 0.15) is 22.3 Å². The highest BCUT2D eigenvalue weighted by Crippen LogP contribution is 2.39. The number of ether oxygens (including phenoxy) is 2. The summed E-state index contributed by atoms with van der Waals surface area (Å²) in [6.45, 7) is 6.77. The maximum absolute atomic E-state index is 14.9. The largest absolute Gasteiger partial charge is 0.497 e. The first-order valence-corrected chi connectivity index (χ1v) is 10.2. The maximum Gasteiger partial charge on any atom is 0.200 e. The average molecular weight is 478 g/mol. The van der Waals surface area contributed by atoms with Crippen molar-refractivity contribution in [1.29, 1.82) is 0 Å². The highest BCUT2D eigenvalue weighted by Gasteiger charge is 2.30. The van der Waals surface area contributed by atoms with Crippen LogP contribution in [0, 0.1) is 56.8 Å². The molecule has 0 heterocycles. The predicted molar refractivity (Wildman–Crippen MR) is 121 cm³/mol. The lowest BCUT2D eigenvalue weighted by molar-refractivity contribution is 0.381. The third-order valence-electron chi connectivity index (χ3n) is 5.37. The topological polar surface area (TPSA) is 34.1 Å². The molecule has 0 spiro atoms. The Labute approximate surface area is 194 Å². The molecule has 9 heteroatoms. The van der Waals surface area contributed by atoms with Gasteiger partial charge in [-0.15, -0.1) is 0 Å². The van der Waals surface area contributed by atoms with Gasteiger partial charge < -0.3 is 9.47 Å². The lowest BCUT2D eigenvalue weighted by Crippen LogP contribution is -2.22. The van der Waals surface area contributed by atoms with E-state index in [-0.39, 0.29) is 5.69 Å². The molecule has 3 rings (SSSR count). The molecule has 0 radical (unpaired) electrons. The number of hydrogen-bond acceptors (Lipinski definition) is 3. The van der Waals surface area contributed by atoms with E-state index in [9.17, 15) is 22.0 Å². The van der Waals surface area contributed by atoms with Gasteiger partial charge in [-0.2, -0.15) is 0 Å². The minimum atomic E-state index is -2.24. The van der Waals surface area contributed by atoms with Crippen molar-refractivity contribution in [3.63, 3.8) is 0 Å². The van der Waals surface area contributed by atoms with Crippen LogP contribution in [-0.4, -0.2) is 20.6 Å². The Morgan fingerprint density at radius 2 is 1.00 bits per heavy atom. The van der Waals surface area contributed by atoms with Crippen LogP contribution in [0.2, 0.25) is 0 Å².